The number of fused-ring (bicyclic) bond motifs is 1. The average Bonchev–Trinajstić information content (AvgIpc) is 3.51. The van der Waals surface area contributed by atoms with Gasteiger partial charge in [0.2, 0.25) is 0 Å². The predicted octanol–water partition coefficient (Wildman–Crippen LogP) is 3.88. The Balaban J connectivity index is 1.28. The molecule has 1 aliphatic rings. The molecule has 2 aromatic carbocycles. The number of nitrogens with zero attached hydrogens (tertiary/aromatic N) is 6. The molecular weight excluding hydrogens is 436 g/mol. The molecule has 9 heteroatoms. The van der Waals surface area contributed by atoms with Crippen LogP contribution in [-0.4, -0.2) is 61.8 Å². The summed E-state index contributed by atoms with van der Waals surface area (Å²) in [7, 11) is 1.61. The maximum Gasteiger partial charge on any atom is 0.257 e. The van der Waals surface area contributed by atoms with Gasteiger partial charge >= 0.3 is 0 Å². The highest BCUT2D eigenvalue weighted by Gasteiger charge is 2.28. The van der Waals surface area contributed by atoms with E-state index in [4.69, 9.17) is 4.74 Å². The van der Waals surface area contributed by atoms with E-state index in [0.717, 1.165) is 34.6 Å². The number of carbonyl (C=O) groups is 1. The number of carbonyl (C=O) groups excluding carboxylic acids is 1. The normalized spacial score (nSPS) is 14.7. The molecule has 8 nitrogen and oxygen atoms in total. The highest BCUT2D eigenvalue weighted by molar-refractivity contribution is 7.98. The molecule has 0 atom stereocenters. The van der Waals surface area contributed by atoms with Crippen molar-refractivity contribution in [1.29, 1.82) is 0 Å². The summed E-state index contributed by atoms with van der Waals surface area (Å²) in [5, 5.41) is 8.55. The fourth-order valence-electron chi connectivity index (χ4n) is 4.45. The number of methoxy groups -OCH3 is 1. The fourth-order valence-corrected chi connectivity index (χ4v) is 4.88. The molecule has 0 aliphatic carbocycles. The maximum atomic E-state index is 13.2. The van der Waals surface area contributed by atoms with Crippen LogP contribution in [0.1, 0.15) is 34.9 Å². The molecule has 4 aromatic rings. The van der Waals surface area contributed by atoms with Gasteiger partial charge in [-0.05, 0) is 49.4 Å². The molecule has 0 spiro atoms. The van der Waals surface area contributed by atoms with Crippen molar-refractivity contribution in [3.8, 4) is 5.75 Å². The summed E-state index contributed by atoms with van der Waals surface area (Å²) in [6.45, 7) is 1.94. The summed E-state index contributed by atoms with van der Waals surface area (Å²) in [5.74, 6) is 1.98. The Bertz CT molecular complexity index is 1270. The Morgan fingerprint density at radius 1 is 1.18 bits per heavy atom. The Morgan fingerprint density at radius 2 is 2.00 bits per heavy atom. The van der Waals surface area contributed by atoms with Crippen LogP contribution in [0, 0.1) is 0 Å². The predicted molar refractivity (Wildman–Crippen MR) is 128 cm³/mol. The third kappa shape index (κ3) is 4.20. The van der Waals surface area contributed by atoms with E-state index in [1.54, 1.807) is 18.9 Å². The van der Waals surface area contributed by atoms with Gasteiger partial charge in [-0.1, -0.05) is 17.3 Å². The monoisotopic (exact) mass is 462 g/mol. The summed E-state index contributed by atoms with van der Waals surface area (Å²) >= 11 is 1.63. The SMILES string of the molecule is COc1cc(SC)ccc1C(=O)N1CCC(c2nccn2Cn2nnc3ccccc32)CC1. The third-order valence-corrected chi connectivity index (χ3v) is 6.97. The number of likely N-dealkylation sites (tertiary alicyclic amines) is 1. The maximum absolute atomic E-state index is 13.2. The van der Waals surface area contributed by atoms with Crippen molar-refractivity contribution >= 4 is 28.7 Å². The van der Waals surface area contributed by atoms with E-state index < -0.39 is 0 Å². The molecule has 2 aromatic heterocycles. The number of para-hydroxylation sites is 1. The van der Waals surface area contributed by atoms with E-state index in [0.29, 0.717) is 37.0 Å². The summed E-state index contributed by atoms with van der Waals surface area (Å²) in [6.07, 6.45) is 7.57. The number of benzene rings is 2. The lowest BCUT2D eigenvalue weighted by Gasteiger charge is -2.32. The van der Waals surface area contributed by atoms with Gasteiger partial charge in [0.1, 0.15) is 23.8 Å². The molecule has 0 unspecified atom stereocenters. The van der Waals surface area contributed by atoms with Gasteiger partial charge in [0.25, 0.3) is 5.91 Å². The van der Waals surface area contributed by atoms with E-state index in [-0.39, 0.29) is 5.91 Å². The number of thioether (sulfide) groups is 1. The first-order valence-electron chi connectivity index (χ1n) is 11.0. The van der Waals surface area contributed by atoms with Crippen molar-refractivity contribution in [3.63, 3.8) is 0 Å². The van der Waals surface area contributed by atoms with Gasteiger partial charge in [-0.3, -0.25) is 4.79 Å². The number of amides is 1. The zero-order chi connectivity index (χ0) is 22.8. The van der Waals surface area contributed by atoms with Crippen LogP contribution in [0.3, 0.4) is 0 Å². The van der Waals surface area contributed by atoms with Gasteiger partial charge in [0, 0.05) is 36.3 Å². The molecule has 5 rings (SSSR count). The van der Waals surface area contributed by atoms with Crippen molar-refractivity contribution in [2.24, 2.45) is 0 Å². The van der Waals surface area contributed by atoms with Crippen molar-refractivity contribution in [2.75, 3.05) is 26.5 Å². The van der Waals surface area contributed by atoms with Gasteiger partial charge in [-0.15, -0.1) is 16.9 Å². The molecule has 0 radical (unpaired) electrons. The third-order valence-electron chi connectivity index (χ3n) is 6.24. The van der Waals surface area contributed by atoms with Crippen LogP contribution in [0.2, 0.25) is 0 Å². The first-order valence-corrected chi connectivity index (χ1v) is 12.2. The van der Waals surface area contributed by atoms with Crippen LogP contribution in [0.5, 0.6) is 5.75 Å². The highest BCUT2D eigenvalue weighted by Crippen LogP contribution is 2.31. The lowest BCUT2D eigenvalue weighted by Crippen LogP contribution is -2.38. The smallest absolute Gasteiger partial charge is 0.257 e. The van der Waals surface area contributed by atoms with E-state index in [2.05, 4.69) is 19.9 Å². The summed E-state index contributed by atoms with van der Waals surface area (Å²) < 4.78 is 9.51. The molecule has 1 fully saturated rings. The number of hydrogen-bond donors (Lipinski definition) is 0. The molecule has 33 heavy (non-hydrogen) atoms. The number of hydrogen-bond acceptors (Lipinski definition) is 6. The number of aromatic nitrogens is 5. The van der Waals surface area contributed by atoms with Crippen LogP contribution in [0.25, 0.3) is 11.0 Å². The zero-order valence-electron chi connectivity index (χ0n) is 18.7. The van der Waals surface area contributed by atoms with E-state index in [9.17, 15) is 4.79 Å². The molecule has 1 aliphatic heterocycles. The lowest BCUT2D eigenvalue weighted by atomic mass is 9.95. The van der Waals surface area contributed by atoms with E-state index in [1.807, 2.05) is 70.7 Å². The first kappa shape index (κ1) is 21.5. The van der Waals surface area contributed by atoms with Gasteiger partial charge in [0.05, 0.1) is 18.2 Å². The Labute approximate surface area is 196 Å². The standard InChI is InChI=1S/C24H26N6O2S/c1-32-22-15-18(33-2)7-8-19(22)24(31)28-12-9-17(10-13-28)23-25-11-14-29(23)16-30-21-6-4-3-5-20(21)26-27-30/h3-8,11,14-15,17H,9-10,12-13,16H2,1-2H3. The van der Waals surface area contributed by atoms with Crippen molar-refractivity contribution < 1.29 is 9.53 Å². The molecule has 3 heterocycles. The summed E-state index contributed by atoms with van der Waals surface area (Å²) in [4.78, 5) is 20.8. The molecule has 1 saturated heterocycles. The lowest BCUT2D eigenvalue weighted by molar-refractivity contribution is 0.0706. The topological polar surface area (TPSA) is 78.1 Å². The molecule has 170 valence electrons. The van der Waals surface area contributed by atoms with E-state index >= 15 is 0 Å². The second-order valence-corrected chi connectivity index (χ2v) is 8.99. The minimum absolute atomic E-state index is 0.0235. The average molecular weight is 463 g/mol. The second kappa shape index (κ2) is 9.27. The Morgan fingerprint density at radius 3 is 2.79 bits per heavy atom. The summed E-state index contributed by atoms with van der Waals surface area (Å²) in [5.41, 5.74) is 2.50. The van der Waals surface area contributed by atoms with Crippen molar-refractivity contribution in [2.45, 2.75) is 30.3 Å². The largest absolute Gasteiger partial charge is 0.496 e. The fraction of sp³-hybridized carbons (Fsp3) is 0.333. The van der Waals surface area contributed by atoms with Gasteiger partial charge < -0.3 is 14.2 Å². The van der Waals surface area contributed by atoms with Crippen LogP contribution >= 0.6 is 11.8 Å². The van der Waals surface area contributed by atoms with Crippen LogP contribution in [0.4, 0.5) is 0 Å². The van der Waals surface area contributed by atoms with Crippen LogP contribution < -0.4 is 4.74 Å². The minimum Gasteiger partial charge on any atom is -0.496 e. The summed E-state index contributed by atoms with van der Waals surface area (Å²) in [6, 6.07) is 13.7. The molecule has 0 saturated carbocycles. The number of rotatable bonds is 6. The highest BCUT2D eigenvalue weighted by atomic mass is 32.2. The van der Waals surface area contributed by atoms with Crippen molar-refractivity contribution in [1.82, 2.24) is 29.4 Å². The zero-order valence-corrected chi connectivity index (χ0v) is 19.5. The number of imidazole rings is 1. The number of piperidine rings is 1. The molecule has 1 amide bonds. The quantitative estimate of drug-likeness (QED) is 0.405. The molecule has 0 N–H and O–H groups in total. The van der Waals surface area contributed by atoms with Crippen molar-refractivity contribution in [3.05, 3.63) is 66.2 Å². The minimum atomic E-state index is 0.0235. The molecule has 0 bridgehead atoms. The van der Waals surface area contributed by atoms with E-state index in [1.165, 1.54) is 0 Å². The second-order valence-electron chi connectivity index (χ2n) is 8.11. The number of ether oxygens (including phenoxy) is 1. The van der Waals surface area contributed by atoms with Crippen LogP contribution in [0.15, 0.2) is 59.8 Å². The van der Waals surface area contributed by atoms with Gasteiger partial charge in [-0.2, -0.15) is 0 Å². The molecular formula is C24H26N6O2S. The Kier molecular flexibility index (Phi) is 6.04. The Hall–Kier alpha value is -3.33. The first-order chi connectivity index (χ1) is 16.2. The van der Waals surface area contributed by atoms with Crippen LogP contribution in [-0.2, 0) is 6.67 Å². The van der Waals surface area contributed by atoms with Gasteiger partial charge in [-0.25, -0.2) is 9.67 Å². The van der Waals surface area contributed by atoms with Gasteiger partial charge in [0.15, 0.2) is 0 Å².